The van der Waals surface area contributed by atoms with Crippen LogP contribution in [0.25, 0.3) is 0 Å². The van der Waals surface area contributed by atoms with E-state index >= 15 is 0 Å². The fourth-order valence-corrected chi connectivity index (χ4v) is 2.47. The molecule has 0 aliphatic heterocycles. The Kier molecular flexibility index (Phi) is 4.69. The molecule has 0 aliphatic rings. The molecule has 24 heavy (non-hydrogen) atoms. The summed E-state index contributed by atoms with van der Waals surface area (Å²) >= 11 is 0. The zero-order valence-electron chi connectivity index (χ0n) is 15.5. The van der Waals surface area contributed by atoms with Crippen molar-refractivity contribution in [2.75, 3.05) is 5.43 Å². The number of aromatic nitrogens is 3. The van der Waals surface area contributed by atoms with Gasteiger partial charge in [0.2, 0.25) is 0 Å². The van der Waals surface area contributed by atoms with Crippen LogP contribution in [0.4, 0.5) is 5.69 Å². The normalized spacial score (nSPS) is 12.1. The third-order valence-electron chi connectivity index (χ3n) is 3.63. The molecule has 0 fully saturated rings. The lowest BCUT2D eigenvalue weighted by Crippen LogP contribution is -2.22. The van der Waals surface area contributed by atoms with E-state index in [0.717, 1.165) is 16.8 Å². The zero-order chi connectivity index (χ0) is 18.1. The molecule has 1 heterocycles. The molecule has 0 spiro atoms. The van der Waals surface area contributed by atoms with Crippen LogP contribution in [-0.4, -0.2) is 20.8 Å². The average Bonchev–Trinajstić information content (AvgIpc) is 2.89. The van der Waals surface area contributed by atoms with Gasteiger partial charge in [0.25, 0.3) is 0 Å². The first-order valence-corrected chi connectivity index (χ1v) is 7.97. The lowest BCUT2D eigenvalue weighted by Gasteiger charge is -2.30. The summed E-state index contributed by atoms with van der Waals surface area (Å²) < 4.78 is 7.30. The summed E-state index contributed by atoms with van der Waals surface area (Å²) in [5.41, 5.74) is 5.71. The minimum Gasteiger partial charge on any atom is -0.426 e. The number of carbonyl (C=O) groups excluding carboxylic acids is 1. The Morgan fingerprint density at radius 3 is 1.83 bits per heavy atom. The molecule has 0 saturated heterocycles. The Bertz CT molecular complexity index is 687. The van der Waals surface area contributed by atoms with Crippen molar-refractivity contribution < 1.29 is 9.53 Å². The highest BCUT2D eigenvalue weighted by Gasteiger charge is 2.28. The van der Waals surface area contributed by atoms with E-state index in [1.165, 1.54) is 6.92 Å². The van der Waals surface area contributed by atoms with Gasteiger partial charge in [0.05, 0.1) is 5.69 Å². The summed E-state index contributed by atoms with van der Waals surface area (Å²) in [4.78, 5) is 11.7. The Balaban J connectivity index is 2.66. The molecule has 130 valence electrons. The van der Waals surface area contributed by atoms with E-state index in [2.05, 4.69) is 57.2 Å². The van der Waals surface area contributed by atoms with Gasteiger partial charge in [-0.25, -0.2) is 4.68 Å². The van der Waals surface area contributed by atoms with Crippen LogP contribution in [0.15, 0.2) is 24.8 Å². The van der Waals surface area contributed by atoms with Gasteiger partial charge in [-0.15, -0.1) is 10.2 Å². The lowest BCUT2D eigenvalue weighted by molar-refractivity contribution is -0.132. The second-order valence-corrected chi connectivity index (χ2v) is 7.98. The fourth-order valence-electron chi connectivity index (χ4n) is 2.47. The van der Waals surface area contributed by atoms with Crippen molar-refractivity contribution in [1.82, 2.24) is 14.9 Å². The number of rotatable bonds is 3. The number of anilines is 1. The van der Waals surface area contributed by atoms with Crippen LogP contribution >= 0.6 is 0 Å². The van der Waals surface area contributed by atoms with E-state index in [4.69, 9.17) is 4.74 Å². The molecule has 0 saturated carbocycles. The molecule has 6 nitrogen and oxygen atoms in total. The summed E-state index contributed by atoms with van der Waals surface area (Å²) in [7, 11) is 0. The average molecular weight is 330 g/mol. The number of nitrogens with zero attached hydrogens (tertiary/aromatic N) is 3. The van der Waals surface area contributed by atoms with Crippen LogP contribution in [0.1, 0.15) is 59.6 Å². The van der Waals surface area contributed by atoms with Crippen molar-refractivity contribution in [1.29, 1.82) is 0 Å². The molecule has 1 N–H and O–H groups in total. The highest BCUT2D eigenvalue weighted by Crippen LogP contribution is 2.42. The Morgan fingerprint density at radius 1 is 1.00 bits per heavy atom. The molecule has 1 aromatic carbocycles. The third kappa shape index (κ3) is 4.13. The molecule has 1 aromatic heterocycles. The van der Waals surface area contributed by atoms with Crippen LogP contribution in [0.2, 0.25) is 0 Å². The zero-order valence-corrected chi connectivity index (χ0v) is 15.5. The van der Waals surface area contributed by atoms with Gasteiger partial charge in [-0.1, -0.05) is 41.5 Å². The largest absolute Gasteiger partial charge is 0.426 e. The molecule has 0 aliphatic carbocycles. The maximum atomic E-state index is 11.7. The lowest BCUT2D eigenvalue weighted by atomic mass is 9.79. The number of esters is 1. The summed E-state index contributed by atoms with van der Waals surface area (Å²) in [6, 6.07) is 4.01. The first-order chi connectivity index (χ1) is 11.0. The molecular formula is C18H26N4O2. The molecule has 0 unspecified atom stereocenters. The van der Waals surface area contributed by atoms with Crippen LogP contribution in [0.5, 0.6) is 5.75 Å². The van der Waals surface area contributed by atoms with Gasteiger partial charge >= 0.3 is 5.97 Å². The van der Waals surface area contributed by atoms with Crippen LogP contribution < -0.4 is 10.2 Å². The van der Waals surface area contributed by atoms with Gasteiger partial charge in [-0.3, -0.25) is 10.2 Å². The fraction of sp³-hybridized carbons (Fsp3) is 0.500. The van der Waals surface area contributed by atoms with E-state index in [-0.39, 0.29) is 16.8 Å². The predicted molar refractivity (Wildman–Crippen MR) is 94.2 cm³/mol. The minimum absolute atomic E-state index is 0.185. The summed E-state index contributed by atoms with van der Waals surface area (Å²) in [6.07, 6.45) is 3.18. The van der Waals surface area contributed by atoms with Gasteiger partial charge in [0, 0.05) is 18.1 Å². The van der Waals surface area contributed by atoms with Gasteiger partial charge < -0.3 is 4.74 Å². The number of benzene rings is 1. The van der Waals surface area contributed by atoms with Crippen molar-refractivity contribution in [3.8, 4) is 5.75 Å². The van der Waals surface area contributed by atoms with Crippen LogP contribution in [0.3, 0.4) is 0 Å². The Morgan fingerprint density at radius 2 is 1.46 bits per heavy atom. The van der Waals surface area contributed by atoms with Crippen molar-refractivity contribution in [3.63, 3.8) is 0 Å². The maximum absolute atomic E-state index is 11.7. The molecule has 6 heteroatoms. The van der Waals surface area contributed by atoms with E-state index in [9.17, 15) is 4.79 Å². The first kappa shape index (κ1) is 18.0. The molecule has 0 radical (unpaired) electrons. The van der Waals surface area contributed by atoms with Gasteiger partial charge in [-0.05, 0) is 23.0 Å². The summed E-state index contributed by atoms with van der Waals surface area (Å²) in [5, 5.41) is 7.60. The maximum Gasteiger partial charge on any atom is 0.308 e. The molecule has 0 amide bonds. The van der Waals surface area contributed by atoms with E-state index in [1.807, 2.05) is 12.1 Å². The highest BCUT2D eigenvalue weighted by atomic mass is 16.5. The van der Waals surface area contributed by atoms with Crippen molar-refractivity contribution in [2.24, 2.45) is 0 Å². The van der Waals surface area contributed by atoms with Crippen molar-refractivity contribution in [2.45, 2.75) is 59.3 Å². The Hall–Kier alpha value is -2.37. The number of ether oxygens (including phenoxy) is 1. The third-order valence-corrected chi connectivity index (χ3v) is 3.63. The number of carbonyl (C=O) groups is 1. The minimum atomic E-state index is -0.314. The topological polar surface area (TPSA) is 69.0 Å². The molecule has 0 atom stereocenters. The SMILES string of the molecule is CC(=O)Oc1c(C(C)(C)C)cc(Nn2cnnc2)cc1C(C)(C)C. The Labute approximate surface area is 143 Å². The van der Waals surface area contributed by atoms with E-state index in [1.54, 1.807) is 17.3 Å². The van der Waals surface area contributed by atoms with Gasteiger partial charge in [-0.2, -0.15) is 0 Å². The smallest absolute Gasteiger partial charge is 0.308 e. The molecular weight excluding hydrogens is 304 g/mol. The molecule has 2 aromatic rings. The van der Waals surface area contributed by atoms with E-state index in [0.29, 0.717) is 5.75 Å². The van der Waals surface area contributed by atoms with Crippen LogP contribution in [0, 0.1) is 0 Å². The van der Waals surface area contributed by atoms with Crippen LogP contribution in [-0.2, 0) is 15.6 Å². The van der Waals surface area contributed by atoms with E-state index < -0.39 is 0 Å². The molecule has 2 rings (SSSR count). The predicted octanol–water partition coefficient (Wildman–Crippen LogP) is 3.67. The summed E-state index contributed by atoms with van der Waals surface area (Å²) in [5.74, 6) is 0.335. The van der Waals surface area contributed by atoms with Gasteiger partial charge in [0.15, 0.2) is 0 Å². The first-order valence-electron chi connectivity index (χ1n) is 7.97. The molecule has 0 bridgehead atoms. The summed E-state index contributed by atoms with van der Waals surface area (Å²) in [6.45, 7) is 14.0. The van der Waals surface area contributed by atoms with Crippen molar-refractivity contribution >= 4 is 11.7 Å². The second kappa shape index (κ2) is 6.26. The van der Waals surface area contributed by atoms with Gasteiger partial charge in [0.1, 0.15) is 18.4 Å². The number of nitrogens with one attached hydrogen (secondary N) is 1. The number of hydrogen-bond donors (Lipinski definition) is 1. The van der Waals surface area contributed by atoms with Crippen molar-refractivity contribution in [3.05, 3.63) is 35.9 Å². The highest BCUT2D eigenvalue weighted by molar-refractivity contribution is 5.72. The quantitative estimate of drug-likeness (QED) is 0.687. The second-order valence-electron chi connectivity index (χ2n) is 7.98. The standard InChI is InChI=1S/C18H26N4O2/c1-12(23)24-16-14(17(2,3)4)8-13(9-15(16)18(5,6)7)21-22-10-19-20-11-22/h8-11,21H,1-7H3. The monoisotopic (exact) mass is 330 g/mol. The number of hydrogen-bond acceptors (Lipinski definition) is 5.